The Balaban J connectivity index is 1.76. The van der Waals surface area contributed by atoms with Crippen LogP contribution in [0.4, 0.5) is 0 Å². The van der Waals surface area contributed by atoms with Crippen LogP contribution in [0.3, 0.4) is 0 Å². The van der Waals surface area contributed by atoms with E-state index < -0.39 is 17.4 Å². The average molecular weight is 449 g/mol. The largest absolute Gasteiger partial charge is 0.497 e. The molecule has 0 spiro atoms. The second kappa shape index (κ2) is 11.2. The van der Waals surface area contributed by atoms with Gasteiger partial charge in [0.25, 0.3) is 0 Å². The molecule has 6 heteroatoms. The van der Waals surface area contributed by atoms with Gasteiger partial charge in [-0.3, -0.25) is 0 Å². The third-order valence-corrected chi connectivity index (χ3v) is 5.67. The third kappa shape index (κ3) is 5.92. The minimum atomic E-state index is -0.689. The van der Waals surface area contributed by atoms with Crippen molar-refractivity contribution in [3.63, 3.8) is 0 Å². The zero-order valence-electron chi connectivity index (χ0n) is 19.1. The summed E-state index contributed by atoms with van der Waals surface area (Å²) in [4.78, 5) is 25.4. The second-order valence-electron chi connectivity index (χ2n) is 7.61. The topological polar surface area (TPSA) is 71.1 Å². The zero-order chi connectivity index (χ0) is 23.7. The van der Waals surface area contributed by atoms with E-state index in [9.17, 15) is 9.59 Å². The van der Waals surface area contributed by atoms with Gasteiger partial charge in [0.15, 0.2) is 0 Å². The predicted molar refractivity (Wildman–Crippen MR) is 125 cm³/mol. The molecule has 0 fully saturated rings. The van der Waals surface area contributed by atoms with Crippen molar-refractivity contribution in [3.05, 3.63) is 95.6 Å². The summed E-state index contributed by atoms with van der Waals surface area (Å²) in [7, 11) is 3.13. The van der Waals surface area contributed by atoms with Crippen molar-refractivity contribution in [2.45, 2.75) is 18.8 Å². The van der Waals surface area contributed by atoms with Gasteiger partial charge in [-0.15, -0.1) is 0 Å². The molecule has 3 rings (SSSR count). The van der Waals surface area contributed by atoms with Gasteiger partial charge in [0.05, 0.1) is 30.8 Å². The van der Waals surface area contributed by atoms with Crippen LogP contribution < -0.4 is 9.47 Å². The van der Waals surface area contributed by atoms with Crippen molar-refractivity contribution in [1.29, 1.82) is 0 Å². The van der Waals surface area contributed by atoms with E-state index in [-0.39, 0.29) is 13.2 Å². The van der Waals surface area contributed by atoms with Crippen LogP contribution in [0.5, 0.6) is 11.5 Å². The van der Waals surface area contributed by atoms with Gasteiger partial charge >= 0.3 is 11.9 Å². The van der Waals surface area contributed by atoms with Crippen molar-refractivity contribution >= 4 is 11.9 Å². The minimum Gasteiger partial charge on any atom is -0.497 e. The molecule has 172 valence electrons. The summed E-state index contributed by atoms with van der Waals surface area (Å²) in [5.74, 6) is 0.411. The smallest absolute Gasteiger partial charge is 0.338 e. The molecule has 0 unspecified atom stereocenters. The maximum absolute atomic E-state index is 12.7. The number of benzene rings is 3. The summed E-state index contributed by atoms with van der Waals surface area (Å²) in [6.45, 7) is 2.11. The predicted octanol–water partition coefficient (Wildman–Crippen LogP) is 5.07. The lowest BCUT2D eigenvalue weighted by Gasteiger charge is -2.32. The fourth-order valence-corrected chi connectivity index (χ4v) is 3.44. The summed E-state index contributed by atoms with van der Waals surface area (Å²) in [5.41, 5.74) is 1.08. The number of ether oxygens (including phenoxy) is 4. The molecule has 0 aliphatic carbocycles. The van der Waals surface area contributed by atoms with E-state index in [0.717, 1.165) is 5.56 Å². The second-order valence-corrected chi connectivity index (χ2v) is 7.61. The van der Waals surface area contributed by atoms with Crippen LogP contribution in [0.15, 0.2) is 78.9 Å². The molecule has 0 amide bonds. The summed E-state index contributed by atoms with van der Waals surface area (Å²) >= 11 is 0. The van der Waals surface area contributed by atoms with Gasteiger partial charge in [0.1, 0.15) is 24.7 Å². The van der Waals surface area contributed by atoms with E-state index in [2.05, 4.69) is 0 Å². The fraction of sp³-hybridized carbons (Fsp3) is 0.259. The van der Waals surface area contributed by atoms with Gasteiger partial charge in [-0.2, -0.15) is 0 Å². The molecule has 33 heavy (non-hydrogen) atoms. The SMILES string of the molecule is CCC(COC(=O)c1ccc(OC)cc1)(COC(=O)c1ccc(OC)cc1)c1ccccc1. The molecule has 6 nitrogen and oxygen atoms in total. The normalized spacial score (nSPS) is 10.9. The first kappa shape index (κ1) is 23.9. The van der Waals surface area contributed by atoms with Crippen molar-refractivity contribution in [2.24, 2.45) is 0 Å². The van der Waals surface area contributed by atoms with Gasteiger partial charge in [-0.05, 0) is 60.5 Å². The van der Waals surface area contributed by atoms with Gasteiger partial charge in [-0.25, -0.2) is 9.59 Å². The summed E-state index contributed by atoms with van der Waals surface area (Å²) in [5, 5.41) is 0. The molecular weight excluding hydrogens is 420 g/mol. The molecule has 0 radical (unpaired) electrons. The Morgan fingerprint density at radius 1 is 0.667 bits per heavy atom. The number of hydrogen-bond acceptors (Lipinski definition) is 6. The Morgan fingerprint density at radius 2 is 1.09 bits per heavy atom. The van der Waals surface area contributed by atoms with Crippen LogP contribution in [0.1, 0.15) is 39.6 Å². The maximum atomic E-state index is 12.7. The highest BCUT2D eigenvalue weighted by Gasteiger charge is 2.34. The summed E-state index contributed by atoms with van der Waals surface area (Å²) in [6, 6.07) is 23.1. The van der Waals surface area contributed by atoms with Gasteiger partial charge in [0, 0.05) is 0 Å². The molecule has 3 aromatic carbocycles. The molecule has 0 N–H and O–H groups in total. The Hall–Kier alpha value is -3.80. The van der Waals surface area contributed by atoms with Crippen LogP contribution in [-0.2, 0) is 14.9 Å². The molecule has 3 aromatic rings. The highest BCUT2D eigenvalue weighted by molar-refractivity contribution is 5.90. The quantitative estimate of drug-likeness (QED) is 0.404. The number of carbonyl (C=O) groups is 2. The average Bonchev–Trinajstić information content (AvgIpc) is 2.89. The van der Waals surface area contributed by atoms with Crippen molar-refractivity contribution in [2.75, 3.05) is 27.4 Å². The highest BCUT2D eigenvalue weighted by atomic mass is 16.5. The highest BCUT2D eigenvalue weighted by Crippen LogP contribution is 2.30. The van der Waals surface area contributed by atoms with Crippen LogP contribution in [-0.4, -0.2) is 39.4 Å². The van der Waals surface area contributed by atoms with Gasteiger partial charge < -0.3 is 18.9 Å². The molecule has 0 aliphatic rings. The Morgan fingerprint density at radius 3 is 1.45 bits per heavy atom. The van der Waals surface area contributed by atoms with Crippen LogP contribution in [0, 0.1) is 0 Å². The number of rotatable bonds is 10. The minimum absolute atomic E-state index is 0.0638. The van der Waals surface area contributed by atoms with Crippen molar-refractivity contribution in [1.82, 2.24) is 0 Å². The first-order valence-electron chi connectivity index (χ1n) is 10.7. The Labute approximate surface area is 194 Å². The third-order valence-electron chi connectivity index (χ3n) is 5.67. The van der Waals surface area contributed by atoms with Crippen LogP contribution in [0.25, 0.3) is 0 Å². The maximum Gasteiger partial charge on any atom is 0.338 e. The lowest BCUT2D eigenvalue weighted by molar-refractivity contribution is 0.0163. The molecule has 0 aliphatic heterocycles. The van der Waals surface area contributed by atoms with Crippen LogP contribution >= 0.6 is 0 Å². The number of hydrogen-bond donors (Lipinski definition) is 0. The fourth-order valence-electron chi connectivity index (χ4n) is 3.44. The Bertz CT molecular complexity index is 979. The first-order valence-corrected chi connectivity index (χ1v) is 10.7. The number of esters is 2. The molecule has 0 saturated carbocycles. The van der Waals surface area contributed by atoms with Gasteiger partial charge in [0.2, 0.25) is 0 Å². The van der Waals surface area contributed by atoms with Crippen molar-refractivity contribution < 1.29 is 28.5 Å². The van der Waals surface area contributed by atoms with Crippen LogP contribution in [0.2, 0.25) is 0 Å². The molecule has 0 saturated heterocycles. The lowest BCUT2D eigenvalue weighted by atomic mass is 9.79. The molecule has 0 aromatic heterocycles. The molecular formula is C27H28O6. The van der Waals surface area contributed by atoms with E-state index in [1.165, 1.54) is 0 Å². The van der Waals surface area contributed by atoms with E-state index in [1.807, 2.05) is 37.3 Å². The Kier molecular flexibility index (Phi) is 8.08. The van der Waals surface area contributed by atoms with E-state index in [1.54, 1.807) is 62.8 Å². The molecule has 0 bridgehead atoms. The first-order chi connectivity index (χ1) is 16.0. The lowest BCUT2D eigenvalue weighted by Crippen LogP contribution is -2.38. The monoisotopic (exact) mass is 448 g/mol. The van der Waals surface area contributed by atoms with Gasteiger partial charge in [-0.1, -0.05) is 37.3 Å². The van der Waals surface area contributed by atoms with E-state index in [0.29, 0.717) is 29.0 Å². The standard InChI is InChI=1S/C27H28O6/c1-4-27(22-8-6-5-7-9-22,18-32-25(28)20-10-14-23(30-2)15-11-20)19-33-26(29)21-12-16-24(31-3)17-13-21/h5-17H,4,18-19H2,1-3H3. The zero-order valence-corrected chi connectivity index (χ0v) is 19.1. The molecule has 0 heterocycles. The molecule has 0 atom stereocenters. The summed E-state index contributed by atoms with van der Waals surface area (Å²) in [6.07, 6.45) is 0.600. The van der Waals surface area contributed by atoms with E-state index in [4.69, 9.17) is 18.9 Å². The summed E-state index contributed by atoms with van der Waals surface area (Å²) < 4.78 is 21.7. The van der Waals surface area contributed by atoms with Crippen molar-refractivity contribution in [3.8, 4) is 11.5 Å². The number of carbonyl (C=O) groups excluding carboxylic acids is 2. The van der Waals surface area contributed by atoms with E-state index >= 15 is 0 Å². The number of methoxy groups -OCH3 is 2.